The number of hydrogen-bond donors (Lipinski definition) is 1. The van der Waals surface area contributed by atoms with Crippen molar-refractivity contribution in [1.29, 1.82) is 0 Å². The van der Waals surface area contributed by atoms with E-state index in [1.165, 1.54) is 4.31 Å². The van der Waals surface area contributed by atoms with Crippen LogP contribution in [0.5, 0.6) is 0 Å². The molecule has 1 fully saturated rings. The first kappa shape index (κ1) is 21.7. The zero-order chi connectivity index (χ0) is 20.2. The van der Waals surface area contributed by atoms with Crippen molar-refractivity contribution >= 4 is 16.1 Å². The van der Waals surface area contributed by atoms with E-state index in [9.17, 15) is 13.2 Å². The molecular formula is C20H33N3O3S. The highest BCUT2D eigenvalue weighted by Gasteiger charge is 2.30. The van der Waals surface area contributed by atoms with Crippen LogP contribution in [0.4, 0.5) is 4.79 Å². The van der Waals surface area contributed by atoms with E-state index in [0.29, 0.717) is 43.5 Å². The van der Waals surface area contributed by atoms with Crippen LogP contribution in [-0.2, 0) is 10.0 Å². The van der Waals surface area contributed by atoms with Crippen LogP contribution in [0.1, 0.15) is 52.5 Å². The molecule has 1 aromatic carbocycles. The first-order valence-corrected chi connectivity index (χ1v) is 11.1. The molecule has 0 radical (unpaired) electrons. The van der Waals surface area contributed by atoms with Crippen molar-refractivity contribution in [2.45, 2.75) is 51.9 Å². The van der Waals surface area contributed by atoms with Gasteiger partial charge in [-0.25, -0.2) is 13.2 Å². The van der Waals surface area contributed by atoms with Gasteiger partial charge in [0, 0.05) is 32.7 Å². The van der Waals surface area contributed by atoms with Crippen molar-refractivity contribution < 1.29 is 13.2 Å². The highest BCUT2D eigenvalue weighted by Crippen LogP contribution is 2.21. The summed E-state index contributed by atoms with van der Waals surface area (Å²) >= 11 is 0. The van der Waals surface area contributed by atoms with Crippen molar-refractivity contribution in [3.05, 3.63) is 29.8 Å². The fourth-order valence-corrected chi connectivity index (χ4v) is 4.38. The van der Waals surface area contributed by atoms with Crippen molar-refractivity contribution in [2.24, 2.45) is 5.41 Å². The topological polar surface area (TPSA) is 69.7 Å². The van der Waals surface area contributed by atoms with Crippen molar-refractivity contribution in [1.82, 2.24) is 14.5 Å². The van der Waals surface area contributed by atoms with Gasteiger partial charge < -0.3 is 10.2 Å². The summed E-state index contributed by atoms with van der Waals surface area (Å²) in [6.45, 7) is 12.6. The molecule has 2 rings (SSSR count). The van der Waals surface area contributed by atoms with Gasteiger partial charge in [0.2, 0.25) is 10.0 Å². The van der Waals surface area contributed by atoms with Crippen LogP contribution in [0.2, 0.25) is 0 Å². The second-order valence-corrected chi connectivity index (χ2v) is 10.6. The number of urea groups is 1. The van der Waals surface area contributed by atoms with E-state index in [-0.39, 0.29) is 11.4 Å². The quantitative estimate of drug-likeness (QED) is 0.832. The summed E-state index contributed by atoms with van der Waals surface area (Å²) in [5.74, 6) is 0.363. The molecule has 0 bridgehead atoms. The third-order valence-corrected chi connectivity index (χ3v) is 6.77. The van der Waals surface area contributed by atoms with Crippen molar-refractivity contribution in [3.63, 3.8) is 0 Å². The van der Waals surface area contributed by atoms with Crippen LogP contribution in [0, 0.1) is 5.41 Å². The Balaban J connectivity index is 1.91. The predicted molar refractivity (Wildman–Crippen MR) is 108 cm³/mol. The molecule has 1 aromatic rings. The molecule has 6 nitrogen and oxygen atoms in total. The minimum Gasteiger partial charge on any atom is -0.338 e. The maximum atomic E-state index is 12.8. The van der Waals surface area contributed by atoms with Gasteiger partial charge >= 0.3 is 6.03 Å². The van der Waals surface area contributed by atoms with Gasteiger partial charge in [-0.1, -0.05) is 46.8 Å². The van der Waals surface area contributed by atoms with Gasteiger partial charge in [-0.05, 0) is 35.4 Å². The lowest BCUT2D eigenvalue weighted by molar-refractivity contribution is 0.171. The Morgan fingerprint density at radius 3 is 2.11 bits per heavy atom. The number of hydrogen-bond acceptors (Lipinski definition) is 3. The van der Waals surface area contributed by atoms with E-state index >= 15 is 0 Å². The fourth-order valence-electron chi connectivity index (χ4n) is 2.96. The molecule has 0 saturated carbocycles. The van der Waals surface area contributed by atoms with Crippen molar-refractivity contribution in [3.8, 4) is 0 Å². The number of rotatable bonds is 5. The number of sulfonamides is 1. The molecule has 7 heteroatoms. The van der Waals surface area contributed by atoms with E-state index in [4.69, 9.17) is 0 Å². The van der Waals surface area contributed by atoms with Crippen LogP contribution in [0.3, 0.4) is 0 Å². The lowest BCUT2D eigenvalue weighted by atomic mass is 9.92. The minimum atomic E-state index is -3.51. The average molecular weight is 396 g/mol. The molecule has 2 amide bonds. The summed E-state index contributed by atoms with van der Waals surface area (Å²) in [5.41, 5.74) is 1.29. The fraction of sp³-hybridized carbons (Fsp3) is 0.650. The molecule has 0 spiro atoms. The summed E-state index contributed by atoms with van der Waals surface area (Å²) in [7, 11) is -3.51. The highest BCUT2D eigenvalue weighted by molar-refractivity contribution is 7.89. The van der Waals surface area contributed by atoms with Gasteiger partial charge in [0.25, 0.3) is 0 Å². The van der Waals surface area contributed by atoms with Gasteiger partial charge in [0.05, 0.1) is 4.90 Å². The summed E-state index contributed by atoms with van der Waals surface area (Å²) in [4.78, 5) is 14.3. The normalized spacial score (nSPS) is 16.6. The number of carbonyl (C=O) groups is 1. The van der Waals surface area contributed by atoms with Gasteiger partial charge in [-0.2, -0.15) is 4.31 Å². The SMILES string of the molecule is CC(C)c1ccc(S(=O)(=O)N2CCN(C(=O)NCCC(C)(C)C)CC2)cc1. The lowest BCUT2D eigenvalue weighted by Gasteiger charge is -2.34. The van der Waals surface area contributed by atoms with Crippen LogP contribution < -0.4 is 5.32 Å². The standard InChI is InChI=1S/C20H33N3O3S/c1-16(2)17-6-8-18(9-7-17)27(25,26)23-14-12-22(13-15-23)19(24)21-11-10-20(3,4)5/h6-9,16H,10-15H2,1-5H3,(H,21,24). The first-order valence-electron chi connectivity index (χ1n) is 9.63. The van der Waals surface area contributed by atoms with Crippen molar-refractivity contribution in [2.75, 3.05) is 32.7 Å². The van der Waals surface area contributed by atoms with Gasteiger partial charge in [-0.3, -0.25) is 0 Å². The average Bonchev–Trinajstić information content (AvgIpc) is 2.60. The Bertz CT molecular complexity index is 729. The highest BCUT2D eigenvalue weighted by atomic mass is 32.2. The third kappa shape index (κ3) is 5.94. The van der Waals surface area contributed by atoms with Crippen LogP contribution in [0.15, 0.2) is 29.2 Å². The Hall–Kier alpha value is -1.60. The Kier molecular flexibility index (Phi) is 6.92. The number of piperazine rings is 1. The molecule has 0 unspecified atom stereocenters. The Morgan fingerprint density at radius 1 is 1.07 bits per heavy atom. The second kappa shape index (κ2) is 8.61. The summed E-state index contributed by atoms with van der Waals surface area (Å²) in [6, 6.07) is 6.98. The monoisotopic (exact) mass is 395 g/mol. The number of amides is 2. The minimum absolute atomic E-state index is 0.113. The lowest BCUT2D eigenvalue weighted by Crippen LogP contribution is -2.53. The molecule has 0 atom stereocenters. The smallest absolute Gasteiger partial charge is 0.317 e. The largest absolute Gasteiger partial charge is 0.338 e. The molecule has 152 valence electrons. The molecule has 27 heavy (non-hydrogen) atoms. The van der Waals surface area contributed by atoms with E-state index in [2.05, 4.69) is 39.9 Å². The number of nitrogens with one attached hydrogen (secondary N) is 1. The van der Waals surface area contributed by atoms with E-state index < -0.39 is 10.0 Å². The summed E-state index contributed by atoms with van der Waals surface area (Å²) in [5, 5.41) is 2.93. The molecular weight excluding hydrogens is 362 g/mol. The number of carbonyl (C=O) groups excluding carboxylic acids is 1. The first-order chi connectivity index (χ1) is 12.5. The zero-order valence-electron chi connectivity index (χ0n) is 17.2. The summed E-state index contributed by atoms with van der Waals surface area (Å²) in [6.07, 6.45) is 0.902. The van der Waals surface area contributed by atoms with Crippen LogP contribution >= 0.6 is 0 Å². The molecule has 0 aromatic heterocycles. The molecule has 1 saturated heterocycles. The number of benzene rings is 1. The van der Waals surface area contributed by atoms with E-state index in [0.717, 1.165) is 12.0 Å². The van der Waals surface area contributed by atoms with Crippen LogP contribution in [0.25, 0.3) is 0 Å². The third-order valence-electron chi connectivity index (χ3n) is 4.86. The zero-order valence-corrected chi connectivity index (χ0v) is 18.0. The van der Waals surface area contributed by atoms with Gasteiger partial charge in [0.15, 0.2) is 0 Å². The van der Waals surface area contributed by atoms with Crippen LogP contribution in [-0.4, -0.2) is 56.4 Å². The van der Waals surface area contributed by atoms with E-state index in [1.54, 1.807) is 17.0 Å². The van der Waals surface area contributed by atoms with E-state index in [1.807, 2.05) is 12.1 Å². The molecule has 1 heterocycles. The molecule has 1 aliphatic heterocycles. The second-order valence-electron chi connectivity index (χ2n) is 8.66. The predicted octanol–water partition coefficient (Wildman–Crippen LogP) is 3.26. The molecule has 1 aliphatic rings. The molecule has 0 aliphatic carbocycles. The summed E-state index contributed by atoms with van der Waals surface area (Å²) < 4.78 is 27.1. The maximum absolute atomic E-state index is 12.8. The molecule has 1 N–H and O–H groups in total. The Labute approximate surface area is 164 Å². The maximum Gasteiger partial charge on any atom is 0.317 e. The Morgan fingerprint density at radius 2 is 1.63 bits per heavy atom. The van der Waals surface area contributed by atoms with Gasteiger partial charge in [-0.15, -0.1) is 0 Å². The number of nitrogens with zero attached hydrogens (tertiary/aromatic N) is 2. The van der Waals surface area contributed by atoms with Gasteiger partial charge in [0.1, 0.15) is 0 Å².